The van der Waals surface area contributed by atoms with Crippen LogP contribution in [0.2, 0.25) is 0 Å². The van der Waals surface area contributed by atoms with Crippen LogP contribution in [-0.2, 0) is 10.3 Å². The minimum Gasteiger partial charge on any atom is -0.871 e. The maximum absolute atomic E-state index is 11.0. The van der Waals surface area contributed by atoms with Crippen molar-refractivity contribution in [1.82, 2.24) is 0 Å². The molecule has 0 heterocycles. The zero-order chi connectivity index (χ0) is 11.6. The average Bonchev–Trinajstić information content (AvgIpc) is 2.06. The van der Waals surface area contributed by atoms with Gasteiger partial charge in [0.15, 0.2) is 10.3 Å². The van der Waals surface area contributed by atoms with Gasteiger partial charge in [0.1, 0.15) is 0 Å². The number of hydrogen-bond acceptors (Lipinski definition) is 6. The van der Waals surface area contributed by atoms with Crippen LogP contribution in [0.25, 0.3) is 0 Å². The summed E-state index contributed by atoms with van der Waals surface area (Å²) in [7, 11) is -4.86. The number of nitro groups is 1. The maximum Gasteiger partial charge on any atom is 1.00 e. The predicted molar refractivity (Wildman–Crippen MR) is 45.9 cm³/mol. The van der Waals surface area contributed by atoms with E-state index in [-0.39, 0.29) is 59.1 Å². The Morgan fingerprint density at radius 3 is 2.18 bits per heavy atom. The molecule has 1 aromatic rings. The Hall–Kier alpha value is 0.130. The second-order valence-electron chi connectivity index (χ2n) is 2.49. The van der Waals surface area contributed by atoms with Gasteiger partial charge in [0.2, 0.25) is 0 Å². The zero-order valence-corrected chi connectivity index (χ0v) is 13.9. The largest absolute Gasteiger partial charge is 1.00 e. The number of rotatable bonds is 3. The molecule has 1 N–H and O–H groups in total. The summed E-state index contributed by atoms with van der Waals surface area (Å²) in [6.07, 6.45) is 0. The number of nitro benzene ring substituents is 1. The van der Waals surface area contributed by atoms with Crippen LogP contribution in [0.3, 0.4) is 0 Å². The molecule has 0 bridgehead atoms. The molecule has 0 aromatic heterocycles. The van der Waals surface area contributed by atoms with Crippen LogP contribution >= 0.6 is 0 Å². The summed E-state index contributed by atoms with van der Waals surface area (Å²) in [4.78, 5) is 9.46. The van der Waals surface area contributed by atoms with Crippen LogP contribution in [-0.4, -0.2) is 17.9 Å². The molecular formula is C6H4N2Na2O6S. The molecule has 11 heteroatoms. The number of hydrogen-bond donors (Lipinski definition) is 1. The van der Waals surface area contributed by atoms with E-state index in [1.54, 1.807) is 0 Å². The molecule has 8 nitrogen and oxygen atoms in total. The number of anilines is 1. The molecule has 0 radical (unpaired) electrons. The first kappa shape index (κ1) is 19.5. The first-order chi connectivity index (χ1) is 6.79. The number of nitrogens with one attached hydrogen (secondary N) is 1. The van der Waals surface area contributed by atoms with Gasteiger partial charge in [-0.15, -0.1) is 0 Å². The van der Waals surface area contributed by atoms with Crippen molar-refractivity contribution in [3.8, 4) is 5.75 Å². The van der Waals surface area contributed by atoms with Gasteiger partial charge < -0.3 is 9.66 Å². The summed E-state index contributed by atoms with van der Waals surface area (Å²) in [5.41, 5.74) is -1.13. The number of non-ortho nitro benzene ring substituents is 1. The molecule has 0 spiro atoms. The summed E-state index contributed by atoms with van der Waals surface area (Å²) in [5, 5.41) is 21.3. The van der Waals surface area contributed by atoms with Crippen LogP contribution in [0.1, 0.15) is 0 Å². The van der Waals surface area contributed by atoms with E-state index in [4.69, 9.17) is 0 Å². The second kappa shape index (κ2) is 7.54. The zero-order valence-electron chi connectivity index (χ0n) is 9.04. The molecule has 0 atom stereocenters. The van der Waals surface area contributed by atoms with Crippen molar-refractivity contribution < 1.29 is 82.1 Å². The molecule has 17 heavy (non-hydrogen) atoms. The minimum absolute atomic E-state index is 0. The summed E-state index contributed by atoms with van der Waals surface area (Å²) < 4.78 is 32.1. The minimum atomic E-state index is -4.86. The van der Waals surface area contributed by atoms with Crippen molar-refractivity contribution in [2.75, 3.05) is 4.72 Å². The molecule has 82 valence electrons. The number of benzene rings is 1. The Kier molecular flexibility index (Phi) is 8.63. The van der Waals surface area contributed by atoms with Gasteiger partial charge in [0, 0.05) is 17.8 Å². The molecule has 0 aliphatic heterocycles. The van der Waals surface area contributed by atoms with E-state index >= 15 is 0 Å². The fourth-order valence-electron chi connectivity index (χ4n) is 0.846. The first-order valence-electron chi connectivity index (χ1n) is 3.49. The Morgan fingerprint density at radius 1 is 1.24 bits per heavy atom. The Balaban J connectivity index is 0. The van der Waals surface area contributed by atoms with Gasteiger partial charge in [-0.25, -0.2) is 8.42 Å². The average molecular weight is 278 g/mol. The van der Waals surface area contributed by atoms with E-state index < -0.39 is 32.4 Å². The van der Waals surface area contributed by atoms with Gasteiger partial charge >= 0.3 is 59.1 Å². The van der Waals surface area contributed by atoms with E-state index in [0.717, 1.165) is 12.1 Å². The molecule has 1 aromatic carbocycles. The quantitative estimate of drug-likeness (QED) is 0.253. The Labute approximate surface area is 141 Å². The first-order valence-corrected chi connectivity index (χ1v) is 4.89. The van der Waals surface area contributed by atoms with Crippen molar-refractivity contribution >= 4 is 21.7 Å². The van der Waals surface area contributed by atoms with Crippen molar-refractivity contribution in [2.45, 2.75) is 0 Å². The molecule has 0 amide bonds. The van der Waals surface area contributed by atoms with Gasteiger partial charge in [-0.1, -0.05) is 11.8 Å². The van der Waals surface area contributed by atoms with Crippen LogP contribution in [0, 0.1) is 10.1 Å². The molecular weight excluding hydrogens is 274 g/mol. The van der Waals surface area contributed by atoms with Crippen LogP contribution in [0.5, 0.6) is 5.75 Å². The van der Waals surface area contributed by atoms with Gasteiger partial charge in [0.05, 0.1) is 4.92 Å². The Bertz CT molecular complexity index is 505. The molecule has 1 rings (SSSR count). The third-order valence-electron chi connectivity index (χ3n) is 1.41. The molecule has 0 saturated heterocycles. The molecule has 0 aliphatic rings. The summed E-state index contributed by atoms with van der Waals surface area (Å²) in [6, 6.07) is 2.38. The Morgan fingerprint density at radius 2 is 1.76 bits per heavy atom. The SMILES string of the molecule is O=[N+]([O-])c1ccc([O-])c(NS(=O)(=O)[O-])c1.[Na+].[Na+]. The third kappa shape index (κ3) is 6.58. The van der Waals surface area contributed by atoms with Crippen LogP contribution in [0.15, 0.2) is 18.2 Å². The van der Waals surface area contributed by atoms with E-state index in [1.807, 2.05) is 0 Å². The van der Waals surface area contributed by atoms with Crippen molar-refractivity contribution in [3.63, 3.8) is 0 Å². The summed E-state index contributed by atoms with van der Waals surface area (Å²) >= 11 is 0. The predicted octanol–water partition coefficient (Wildman–Crippen LogP) is -6.45. The van der Waals surface area contributed by atoms with Gasteiger partial charge in [0.25, 0.3) is 5.69 Å². The van der Waals surface area contributed by atoms with E-state index in [1.165, 1.54) is 4.72 Å². The molecule has 0 unspecified atom stereocenters. The van der Waals surface area contributed by atoms with Crippen molar-refractivity contribution in [3.05, 3.63) is 28.3 Å². The van der Waals surface area contributed by atoms with E-state index in [9.17, 15) is 28.2 Å². The van der Waals surface area contributed by atoms with Crippen LogP contribution in [0.4, 0.5) is 11.4 Å². The van der Waals surface area contributed by atoms with E-state index in [0.29, 0.717) is 6.07 Å². The smallest absolute Gasteiger partial charge is 0.871 e. The number of nitrogens with zero attached hydrogens (tertiary/aromatic N) is 1. The fourth-order valence-corrected chi connectivity index (χ4v) is 1.27. The molecule has 0 saturated carbocycles. The van der Waals surface area contributed by atoms with Crippen molar-refractivity contribution in [1.29, 1.82) is 0 Å². The summed E-state index contributed by atoms with van der Waals surface area (Å²) in [6.45, 7) is 0. The van der Waals surface area contributed by atoms with Gasteiger partial charge in [-0.2, -0.15) is 0 Å². The topological polar surface area (TPSA) is 135 Å². The van der Waals surface area contributed by atoms with Crippen LogP contribution < -0.4 is 68.9 Å². The van der Waals surface area contributed by atoms with E-state index in [2.05, 4.69) is 0 Å². The molecule has 0 fully saturated rings. The second-order valence-corrected chi connectivity index (χ2v) is 3.61. The maximum atomic E-state index is 11.0. The van der Waals surface area contributed by atoms with Gasteiger partial charge in [-0.3, -0.25) is 14.8 Å². The summed E-state index contributed by atoms with van der Waals surface area (Å²) in [5.74, 6) is -0.819. The normalized spacial score (nSPS) is 9.71. The van der Waals surface area contributed by atoms with Crippen molar-refractivity contribution in [2.24, 2.45) is 0 Å². The fraction of sp³-hybridized carbons (Fsp3) is 0. The third-order valence-corrected chi connectivity index (χ3v) is 1.88. The standard InChI is InChI=1S/C6H6N2O6S.2Na/c9-6-2-1-4(8(10)11)3-5(6)7-15(12,13)14;;/h1-3,7,9H,(H,12,13,14);;/q;2*+1/p-2. The molecule has 0 aliphatic carbocycles. The monoisotopic (exact) mass is 278 g/mol. The van der Waals surface area contributed by atoms with Gasteiger partial charge in [-0.05, 0) is 0 Å².